The second kappa shape index (κ2) is 4.64. The van der Waals surface area contributed by atoms with Crippen molar-refractivity contribution in [1.29, 1.82) is 0 Å². The van der Waals surface area contributed by atoms with Gasteiger partial charge in [0.15, 0.2) is 0 Å². The molecule has 1 aliphatic carbocycles. The first kappa shape index (κ1) is 10.6. The Balaban J connectivity index is 2.27. The first-order valence-electron chi connectivity index (χ1n) is 5.28. The lowest BCUT2D eigenvalue weighted by Crippen LogP contribution is -2.32. The van der Waals surface area contributed by atoms with E-state index in [4.69, 9.17) is 0 Å². The molecular weight excluding hydrogens is 212 g/mol. The minimum absolute atomic E-state index is 0.703. The van der Waals surface area contributed by atoms with Gasteiger partial charge in [0.05, 0.1) is 0 Å². The van der Waals surface area contributed by atoms with E-state index in [0.29, 0.717) is 5.41 Å². The number of hydrogen-bond donors (Lipinski definition) is 0. The van der Waals surface area contributed by atoms with Gasteiger partial charge < -0.3 is 0 Å². The quantitative estimate of drug-likeness (QED) is 0.618. The van der Waals surface area contributed by atoms with Gasteiger partial charge in [0, 0.05) is 5.33 Å². The van der Waals surface area contributed by atoms with Crippen molar-refractivity contribution in [1.82, 2.24) is 0 Å². The average Bonchev–Trinajstić information content (AvgIpc) is 1.97. The molecule has 1 rings (SSSR count). The van der Waals surface area contributed by atoms with E-state index in [1.165, 1.54) is 43.9 Å². The highest BCUT2D eigenvalue weighted by Gasteiger charge is 2.36. The lowest BCUT2D eigenvalue weighted by Gasteiger charge is -2.42. The third kappa shape index (κ3) is 2.48. The Bertz CT molecular complexity index is 121. The van der Waals surface area contributed by atoms with E-state index in [-0.39, 0.29) is 0 Å². The summed E-state index contributed by atoms with van der Waals surface area (Å²) >= 11 is 3.66. The Morgan fingerprint density at radius 3 is 2.42 bits per heavy atom. The molecule has 0 aromatic heterocycles. The summed E-state index contributed by atoms with van der Waals surface area (Å²) in [5.74, 6) is 0.938. The molecule has 0 saturated heterocycles. The van der Waals surface area contributed by atoms with E-state index in [9.17, 15) is 0 Å². The molecule has 0 nitrogen and oxygen atoms in total. The van der Waals surface area contributed by atoms with Crippen LogP contribution in [0.25, 0.3) is 0 Å². The molecule has 12 heavy (non-hydrogen) atoms. The van der Waals surface area contributed by atoms with E-state index in [1.54, 1.807) is 0 Å². The molecule has 1 aliphatic rings. The van der Waals surface area contributed by atoms with E-state index >= 15 is 0 Å². The number of alkyl halides is 1. The van der Waals surface area contributed by atoms with Crippen LogP contribution in [0.3, 0.4) is 0 Å². The van der Waals surface area contributed by atoms with Crippen LogP contribution in [0, 0.1) is 11.3 Å². The minimum Gasteiger partial charge on any atom is -0.0922 e. The van der Waals surface area contributed by atoms with Crippen LogP contribution in [-0.4, -0.2) is 5.33 Å². The normalized spacial score (nSPS) is 23.2. The zero-order valence-electron chi connectivity index (χ0n) is 8.41. The molecule has 0 radical (unpaired) electrons. The van der Waals surface area contributed by atoms with Crippen LogP contribution in [0.1, 0.15) is 52.4 Å². The van der Waals surface area contributed by atoms with Crippen molar-refractivity contribution in [2.24, 2.45) is 11.3 Å². The molecule has 0 aromatic carbocycles. The number of hydrogen-bond acceptors (Lipinski definition) is 0. The molecule has 1 atom stereocenters. The van der Waals surface area contributed by atoms with Crippen LogP contribution in [-0.2, 0) is 0 Å². The Kier molecular flexibility index (Phi) is 4.09. The van der Waals surface area contributed by atoms with Crippen molar-refractivity contribution in [3.05, 3.63) is 0 Å². The molecule has 1 heteroatoms. The third-order valence-electron chi connectivity index (χ3n) is 3.26. The van der Waals surface area contributed by atoms with Crippen LogP contribution >= 0.6 is 15.9 Å². The predicted molar refractivity (Wildman–Crippen MR) is 58.8 cm³/mol. The lowest BCUT2D eigenvalue weighted by molar-refractivity contribution is 0.126. The Morgan fingerprint density at radius 2 is 2.08 bits per heavy atom. The molecule has 0 aromatic rings. The summed E-state index contributed by atoms with van der Waals surface area (Å²) < 4.78 is 0. The van der Waals surface area contributed by atoms with Gasteiger partial charge in [0.2, 0.25) is 0 Å². The Hall–Kier alpha value is 0.480. The zero-order chi connectivity index (χ0) is 9.03. The third-order valence-corrected chi connectivity index (χ3v) is 4.45. The van der Waals surface area contributed by atoms with E-state index in [1.807, 2.05) is 0 Å². The molecule has 1 unspecified atom stereocenters. The van der Waals surface area contributed by atoms with Crippen LogP contribution in [0.2, 0.25) is 0 Å². The maximum Gasteiger partial charge on any atom is 0.00880 e. The van der Waals surface area contributed by atoms with Crippen LogP contribution in [0.4, 0.5) is 0 Å². The van der Waals surface area contributed by atoms with Gasteiger partial charge in [0.1, 0.15) is 0 Å². The van der Waals surface area contributed by atoms with Gasteiger partial charge in [-0.05, 0) is 30.6 Å². The standard InChI is InChI=1S/C11H21Br/c1-3-5-10(2)8-11(9-12)6-4-7-11/h10H,3-9H2,1-2H3. The van der Waals surface area contributed by atoms with Crippen molar-refractivity contribution in [2.45, 2.75) is 52.4 Å². The minimum atomic E-state index is 0.703. The van der Waals surface area contributed by atoms with Crippen LogP contribution < -0.4 is 0 Å². The SMILES string of the molecule is CCCC(C)CC1(CBr)CCC1. The van der Waals surface area contributed by atoms with E-state index in [0.717, 1.165) is 5.92 Å². The predicted octanol–water partition coefficient (Wildman–Crippen LogP) is 4.38. The van der Waals surface area contributed by atoms with E-state index < -0.39 is 0 Å². The molecule has 1 fully saturated rings. The molecular formula is C11H21Br. The highest BCUT2D eigenvalue weighted by atomic mass is 79.9. The van der Waals surface area contributed by atoms with Crippen molar-refractivity contribution >= 4 is 15.9 Å². The second-order valence-corrected chi connectivity index (χ2v) is 5.15. The molecule has 0 heterocycles. The van der Waals surface area contributed by atoms with Gasteiger partial charge in [-0.25, -0.2) is 0 Å². The fraction of sp³-hybridized carbons (Fsp3) is 1.00. The largest absolute Gasteiger partial charge is 0.0922 e. The van der Waals surface area contributed by atoms with Gasteiger partial charge in [-0.1, -0.05) is 49.0 Å². The highest BCUT2D eigenvalue weighted by Crippen LogP contribution is 2.47. The monoisotopic (exact) mass is 232 g/mol. The van der Waals surface area contributed by atoms with Crippen LogP contribution in [0.5, 0.6) is 0 Å². The fourth-order valence-corrected chi connectivity index (χ4v) is 3.19. The number of halogens is 1. The summed E-state index contributed by atoms with van der Waals surface area (Å²) in [5.41, 5.74) is 0.703. The first-order valence-corrected chi connectivity index (χ1v) is 6.40. The molecule has 1 saturated carbocycles. The summed E-state index contributed by atoms with van der Waals surface area (Å²) in [6.45, 7) is 4.70. The summed E-state index contributed by atoms with van der Waals surface area (Å²) in [7, 11) is 0. The van der Waals surface area contributed by atoms with Crippen molar-refractivity contribution in [3.63, 3.8) is 0 Å². The fourth-order valence-electron chi connectivity index (χ4n) is 2.40. The Morgan fingerprint density at radius 1 is 1.42 bits per heavy atom. The topological polar surface area (TPSA) is 0 Å². The van der Waals surface area contributed by atoms with Gasteiger partial charge in [-0.15, -0.1) is 0 Å². The molecule has 0 bridgehead atoms. The summed E-state index contributed by atoms with van der Waals surface area (Å²) in [6.07, 6.45) is 8.60. The van der Waals surface area contributed by atoms with Crippen molar-refractivity contribution in [2.75, 3.05) is 5.33 Å². The average molecular weight is 233 g/mol. The second-order valence-electron chi connectivity index (χ2n) is 4.59. The summed E-state index contributed by atoms with van der Waals surface area (Å²) in [6, 6.07) is 0. The highest BCUT2D eigenvalue weighted by molar-refractivity contribution is 9.09. The molecule has 0 amide bonds. The maximum atomic E-state index is 3.66. The molecule has 0 spiro atoms. The zero-order valence-corrected chi connectivity index (χ0v) is 9.99. The van der Waals surface area contributed by atoms with E-state index in [2.05, 4.69) is 29.8 Å². The van der Waals surface area contributed by atoms with Gasteiger partial charge in [-0.3, -0.25) is 0 Å². The lowest BCUT2D eigenvalue weighted by atomic mass is 9.65. The van der Waals surface area contributed by atoms with Gasteiger partial charge in [0.25, 0.3) is 0 Å². The van der Waals surface area contributed by atoms with Gasteiger partial charge >= 0.3 is 0 Å². The first-order chi connectivity index (χ1) is 5.72. The molecule has 0 aliphatic heterocycles. The molecule has 0 N–H and O–H groups in total. The van der Waals surface area contributed by atoms with Gasteiger partial charge in [-0.2, -0.15) is 0 Å². The van der Waals surface area contributed by atoms with Crippen molar-refractivity contribution in [3.8, 4) is 0 Å². The summed E-state index contributed by atoms with van der Waals surface area (Å²) in [5, 5.41) is 1.23. The Labute approximate surface area is 85.3 Å². The smallest absolute Gasteiger partial charge is 0.00880 e. The molecule has 72 valence electrons. The maximum absolute atomic E-state index is 3.66. The van der Waals surface area contributed by atoms with Crippen LogP contribution in [0.15, 0.2) is 0 Å². The van der Waals surface area contributed by atoms with Crippen molar-refractivity contribution < 1.29 is 0 Å². The summed E-state index contributed by atoms with van der Waals surface area (Å²) in [4.78, 5) is 0. The number of rotatable bonds is 5.